The number of ether oxygens (including phenoxy) is 2. The third-order valence-corrected chi connectivity index (χ3v) is 3.66. The first kappa shape index (κ1) is 16.2. The first-order valence-corrected chi connectivity index (χ1v) is 6.57. The number of H-pyrrole nitrogens is 1. The minimum absolute atomic E-state index is 0.0121. The maximum Gasteiger partial charge on any atom is 0.258 e. The predicted molar refractivity (Wildman–Crippen MR) is 72.8 cm³/mol. The normalized spacial score (nSPS) is 30.5. The third-order valence-electron chi connectivity index (χ3n) is 3.35. The van der Waals surface area contributed by atoms with Gasteiger partial charge in [-0.1, -0.05) is 0 Å². The molecule has 0 amide bonds. The van der Waals surface area contributed by atoms with E-state index in [9.17, 15) is 15.0 Å². The van der Waals surface area contributed by atoms with Gasteiger partial charge in [-0.25, -0.2) is 0 Å². The number of nitrogens with two attached hydrogens (primary N) is 1. The lowest BCUT2D eigenvalue weighted by Gasteiger charge is -2.20. The number of methoxy groups -OCH3 is 1. The molecular formula is C11H17N3O6S. The van der Waals surface area contributed by atoms with E-state index in [1.165, 1.54) is 17.9 Å². The Hall–Kier alpha value is -1.14. The first-order chi connectivity index (χ1) is 9.90. The molecule has 1 aromatic rings. The Balaban J connectivity index is 2.45. The molecule has 118 valence electrons. The summed E-state index contributed by atoms with van der Waals surface area (Å²) < 4.78 is 11.5. The van der Waals surface area contributed by atoms with Gasteiger partial charge >= 0.3 is 0 Å². The second kappa shape index (κ2) is 6.32. The molecule has 0 bridgehead atoms. The summed E-state index contributed by atoms with van der Waals surface area (Å²) in [7, 11) is 1.34. The highest BCUT2D eigenvalue weighted by Crippen LogP contribution is 2.29. The van der Waals surface area contributed by atoms with Crippen LogP contribution in [0.2, 0.25) is 0 Å². The Labute approximate surface area is 124 Å². The molecule has 1 aromatic heterocycles. The number of aliphatic hydroxyl groups is 3. The summed E-state index contributed by atoms with van der Waals surface area (Å²) in [6.07, 6.45) is -4.26. The SMILES string of the molecule is COC(N)c1cn([C@@H]2O[C@H](CO)[C@@H](O)[C@H]2O)c(=S)[nH]c1=O. The van der Waals surface area contributed by atoms with E-state index < -0.39 is 42.9 Å². The van der Waals surface area contributed by atoms with Crippen LogP contribution in [-0.2, 0) is 9.47 Å². The van der Waals surface area contributed by atoms with Crippen molar-refractivity contribution in [3.63, 3.8) is 0 Å². The molecule has 0 spiro atoms. The number of nitrogens with zero attached hydrogens (tertiary/aromatic N) is 1. The van der Waals surface area contributed by atoms with Crippen molar-refractivity contribution in [1.29, 1.82) is 0 Å². The number of aliphatic hydroxyl groups excluding tert-OH is 3. The van der Waals surface area contributed by atoms with Crippen LogP contribution in [0.5, 0.6) is 0 Å². The average Bonchev–Trinajstić information content (AvgIpc) is 2.74. The summed E-state index contributed by atoms with van der Waals surface area (Å²) in [5.41, 5.74) is 5.22. The van der Waals surface area contributed by atoms with Crippen LogP contribution in [0.25, 0.3) is 0 Å². The molecule has 0 aliphatic carbocycles. The van der Waals surface area contributed by atoms with E-state index in [4.69, 9.17) is 32.5 Å². The Kier molecular flexibility index (Phi) is 4.88. The topological polar surface area (TPSA) is 143 Å². The molecule has 0 saturated carbocycles. The monoisotopic (exact) mass is 319 g/mol. The quantitative estimate of drug-likeness (QED) is 0.320. The number of aromatic nitrogens is 2. The maximum absolute atomic E-state index is 11.8. The van der Waals surface area contributed by atoms with Crippen molar-refractivity contribution >= 4 is 12.2 Å². The predicted octanol–water partition coefficient (Wildman–Crippen LogP) is -1.88. The van der Waals surface area contributed by atoms with E-state index in [1.54, 1.807) is 0 Å². The van der Waals surface area contributed by atoms with Gasteiger partial charge in [-0.15, -0.1) is 0 Å². The molecule has 2 heterocycles. The lowest BCUT2D eigenvalue weighted by Crippen LogP contribution is -2.34. The van der Waals surface area contributed by atoms with E-state index in [-0.39, 0.29) is 10.3 Å². The van der Waals surface area contributed by atoms with Crippen molar-refractivity contribution in [2.45, 2.75) is 30.8 Å². The zero-order valence-electron chi connectivity index (χ0n) is 11.2. The Morgan fingerprint density at radius 2 is 2.24 bits per heavy atom. The van der Waals surface area contributed by atoms with Crippen molar-refractivity contribution in [1.82, 2.24) is 9.55 Å². The lowest BCUT2D eigenvalue weighted by molar-refractivity contribution is -0.0545. The standard InChI is InChI=1S/C11H17N3O6S/c1-19-8(12)4-2-14(11(21)13-9(4)18)10-7(17)6(16)5(3-15)20-10/h2,5-8,10,15-17H,3,12H2,1H3,(H,13,18,21)/t5-,6-,7-,8?,10-/m1/s1. The molecular weight excluding hydrogens is 302 g/mol. The Bertz CT molecular complexity index is 617. The van der Waals surface area contributed by atoms with Crippen LogP contribution in [0, 0.1) is 4.77 Å². The van der Waals surface area contributed by atoms with Crippen molar-refractivity contribution in [3.05, 3.63) is 26.9 Å². The van der Waals surface area contributed by atoms with E-state index in [2.05, 4.69) is 4.98 Å². The molecule has 21 heavy (non-hydrogen) atoms. The largest absolute Gasteiger partial charge is 0.394 e. The number of hydrogen-bond acceptors (Lipinski definition) is 8. The fourth-order valence-electron chi connectivity index (χ4n) is 2.13. The summed E-state index contributed by atoms with van der Waals surface area (Å²) in [5.74, 6) is 0. The van der Waals surface area contributed by atoms with Crippen LogP contribution in [0.15, 0.2) is 11.0 Å². The molecule has 10 heteroatoms. The van der Waals surface area contributed by atoms with E-state index in [0.29, 0.717) is 0 Å². The van der Waals surface area contributed by atoms with Gasteiger partial charge in [-0.3, -0.25) is 14.3 Å². The molecule has 1 aliphatic rings. The van der Waals surface area contributed by atoms with Gasteiger partial charge in [0, 0.05) is 13.3 Å². The molecule has 1 unspecified atom stereocenters. The fourth-order valence-corrected chi connectivity index (χ4v) is 2.38. The van der Waals surface area contributed by atoms with Gasteiger partial charge in [0.05, 0.1) is 12.2 Å². The minimum atomic E-state index is -1.31. The second-order valence-corrected chi connectivity index (χ2v) is 5.02. The van der Waals surface area contributed by atoms with Crippen LogP contribution in [0.3, 0.4) is 0 Å². The molecule has 0 radical (unpaired) electrons. The van der Waals surface area contributed by atoms with E-state index in [0.717, 1.165) is 0 Å². The summed E-state index contributed by atoms with van der Waals surface area (Å²) in [6.45, 7) is -0.462. The highest BCUT2D eigenvalue weighted by Gasteiger charge is 2.43. The highest BCUT2D eigenvalue weighted by molar-refractivity contribution is 7.71. The van der Waals surface area contributed by atoms with Gasteiger partial charge in [0.25, 0.3) is 5.56 Å². The van der Waals surface area contributed by atoms with Crippen molar-refractivity contribution in [3.8, 4) is 0 Å². The summed E-state index contributed by atoms with van der Waals surface area (Å²) >= 11 is 5.02. The molecule has 5 atom stereocenters. The van der Waals surface area contributed by atoms with Gasteiger partial charge in [-0.05, 0) is 12.2 Å². The van der Waals surface area contributed by atoms with Crippen LogP contribution in [0.4, 0.5) is 0 Å². The van der Waals surface area contributed by atoms with Gasteiger partial charge in [0.2, 0.25) is 0 Å². The van der Waals surface area contributed by atoms with Crippen LogP contribution in [-0.4, -0.2) is 56.9 Å². The Morgan fingerprint density at radius 1 is 1.57 bits per heavy atom. The number of aromatic amines is 1. The molecule has 6 N–H and O–H groups in total. The molecule has 1 saturated heterocycles. The van der Waals surface area contributed by atoms with Gasteiger partial charge in [0.15, 0.2) is 11.0 Å². The zero-order valence-corrected chi connectivity index (χ0v) is 12.0. The maximum atomic E-state index is 11.8. The molecule has 1 fully saturated rings. The van der Waals surface area contributed by atoms with E-state index >= 15 is 0 Å². The van der Waals surface area contributed by atoms with Crippen LogP contribution >= 0.6 is 12.2 Å². The van der Waals surface area contributed by atoms with Crippen LogP contribution < -0.4 is 11.3 Å². The molecule has 9 nitrogen and oxygen atoms in total. The summed E-state index contributed by atoms with van der Waals surface area (Å²) in [5, 5.41) is 28.8. The number of hydrogen-bond donors (Lipinski definition) is 5. The van der Waals surface area contributed by atoms with Gasteiger partial charge in [-0.2, -0.15) is 0 Å². The van der Waals surface area contributed by atoms with Crippen molar-refractivity contribution in [2.24, 2.45) is 5.73 Å². The smallest absolute Gasteiger partial charge is 0.258 e. The molecule has 1 aliphatic heterocycles. The number of nitrogens with one attached hydrogen (secondary N) is 1. The third kappa shape index (κ3) is 2.92. The van der Waals surface area contributed by atoms with Crippen molar-refractivity contribution < 1.29 is 24.8 Å². The summed E-state index contributed by atoms with van der Waals surface area (Å²) in [4.78, 5) is 14.2. The van der Waals surface area contributed by atoms with E-state index in [1.807, 2.05) is 0 Å². The zero-order chi connectivity index (χ0) is 15.7. The van der Waals surface area contributed by atoms with Crippen molar-refractivity contribution in [2.75, 3.05) is 13.7 Å². The molecule has 2 rings (SSSR count). The number of rotatable bonds is 4. The minimum Gasteiger partial charge on any atom is -0.394 e. The highest BCUT2D eigenvalue weighted by atomic mass is 32.1. The lowest BCUT2D eigenvalue weighted by atomic mass is 10.1. The molecule has 0 aromatic carbocycles. The van der Waals surface area contributed by atoms with Gasteiger partial charge < -0.3 is 30.5 Å². The van der Waals surface area contributed by atoms with Crippen LogP contribution in [0.1, 0.15) is 18.0 Å². The second-order valence-electron chi connectivity index (χ2n) is 4.64. The fraction of sp³-hybridized carbons (Fsp3) is 0.636. The first-order valence-electron chi connectivity index (χ1n) is 6.17. The van der Waals surface area contributed by atoms with Gasteiger partial charge in [0.1, 0.15) is 24.5 Å². The summed E-state index contributed by atoms with van der Waals surface area (Å²) in [6, 6.07) is 0. The Morgan fingerprint density at radius 3 is 2.76 bits per heavy atom. The average molecular weight is 319 g/mol.